The Morgan fingerprint density at radius 2 is 1.75 bits per heavy atom. The van der Waals surface area contributed by atoms with Gasteiger partial charge in [0, 0.05) is 20.1 Å². The van der Waals surface area contributed by atoms with Crippen molar-refractivity contribution in [2.24, 2.45) is 5.92 Å². The van der Waals surface area contributed by atoms with Gasteiger partial charge in [0.05, 0.1) is 12.9 Å². The molecule has 0 spiro atoms. The fraction of sp³-hybridized carbons (Fsp3) is 1.00. The van der Waals surface area contributed by atoms with Crippen LogP contribution >= 0.6 is 0 Å². The first-order valence-electron chi connectivity index (χ1n) is 5.34. The fourth-order valence-corrected chi connectivity index (χ4v) is 1.99. The number of rotatable bonds is 9. The minimum absolute atomic E-state index is 0.218. The van der Waals surface area contributed by atoms with Crippen molar-refractivity contribution in [3.63, 3.8) is 0 Å². The third-order valence-corrected chi connectivity index (χ3v) is 2.99. The van der Waals surface area contributed by atoms with Crippen molar-refractivity contribution in [3.8, 4) is 0 Å². The molecule has 0 aromatic heterocycles. The molecule has 0 aliphatic heterocycles. The van der Waals surface area contributed by atoms with Crippen LogP contribution in [0.15, 0.2) is 0 Å². The Bertz CT molecular complexity index is 258. The first kappa shape index (κ1) is 15.8. The highest BCUT2D eigenvalue weighted by atomic mass is 32.2. The van der Waals surface area contributed by atoms with Crippen LogP contribution in [0.4, 0.5) is 0 Å². The van der Waals surface area contributed by atoms with Gasteiger partial charge >= 0.3 is 0 Å². The van der Waals surface area contributed by atoms with E-state index in [4.69, 9.17) is 9.47 Å². The first-order valence-corrected chi connectivity index (χ1v) is 7.16. The summed E-state index contributed by atoms with van der Waals surface area (Å²) in [7, 11) is -0.121. The van der Waals surface area contributed by atoms with Gasteiger partial charge in [-0.2, -0.15) is 8.42 Å². The van der Waals surface area contributed by atoms with Gasteiger partial charge in [-0.05, 0) is 19.3 Å². The lowest BCUT2D eigenvalue weighted by Gasteiger charge is -2.23. The van der Waals surface area contributed by atoms with Gasteiger partial charge in [-0.25, -0.2) is 0 Å². The average molecular weight is 254 g/mol. The van der Waals surface area contributed by atoms with Crippen LogP contribution < -0.4 is 0 Å². The highest BCUT2D eigenvalue weighted by Crippen LogP contribution is 2.18. The molecule has 0 aliphatic rings. The summed E-state index contributed by atoms with van der Waals surface area (Å²) >= 11 is 0. The summed E-state index contributed by atoms with van der Waals surface area (Å²) < 4.78 is 36.4. The van der Waals surface area contributed by atoms with E-state index in [0.29, 0.717) is 6.42 Å². The van der Waals surface area contributed by atoms with Crippen LogP contribution in [-0.2, 0) is 23.8 Å². The van der Waals surface area contributed by atoms with Gasteiger partial charge in [-0.1, -0.05) is 6.92 Å². The van der Waals surface area contributed by atoms with E-state index < -0.39 is 10.1 Å². The van der Waals surface area contributed by atoms with Crippen molar-refractivity contribution >= 4 is 10.1 Å². The van der Waals surface area contributed by atoms with Gasteiger partial charge in [-0.15, -0.1) is 0 Å². The molecule has 0 saturated carbocycles. The molecule has 0 amide bonds. The average Bonchev–Trinajstić information content (AvgIpc) is 2.21. The Labute approximate surface area is 98.2 Å². The minimum Gasteiger partial charge on any atom is -0.356 e. The maximum atomic E-state index is 10.7. The van der Waals surface area contributed by atoms with E-state index in [1.807, 2.05) is 6.92 Å². The van der Waals surface area contributed by atoms with Crippen molar-refractivity contribution in [3.05, 3.63) is 0 Å². The van der Waals surface area contributed by atoms with E-state index in [2.05, 4.69) is 4.18 Å². The molecule has 0 bridgehead atoms. The van der Waals surface area contributed by atoms with Crippen LogP contribution in [0, 0.1) is 5.92 Å². The van der Waals surface area contributed by atoms with Gasteiger partial charge in [-0.3, -0.25) is 4.18 Å². The van der Waals surface area contributed by atoms with E-state index in [9.17, 15) is 8.42 Å². The second kappa shape index (κ2) is 8.00. The number of methoxy groups -OCH3 is 2. The van der Waals surface area contributed by atoms with Crippen LogP contribution in [0.5, 0.6) is 0 Å². The zero-order valence-electron chi connectivity index (χ0n) is 10.4. The molecule has 6 heteroatoms. The molecule has 0 rings (SSSR count). The predicted molar refractivity (Wildman–Crippen MR) is 61.6 cm³/mol. The summed E-state index contributed by atoms with van der Waals surface area (Å²) in [4.78, 5) is 0. The monoisotopic (exact) mass is 254 g/mol. The van der Waals surface area contributed by atoms with Crippen LogP contribution in [0.2, 0.25) is 0 Å². The van der Waals surface area contributed by atoms with Gasteiger partial charge in [0.2, 0.25) is 0 Å². The zero-order valence-corrected chi connectivity index (χ0v) is 11.2. The molecule has 0 heterocycles. The Kier molecular flexibility index (Phi) is 7.91. The lowest BCUT2D eigenvalue weighted by molar-refractivity contribution is -0.139. The molecule has 0 radical (unpaired) electrons. The second-order valence-corrected chi connectivity index (χ2v) is 5.32. The van der Waals surface area contributed by atoms with E-state index >= 15 is 0 Å². The van der Waals surface area contributed by atoms with Crippen molar-refractivity contribution < 1.29 is 22.1 Å². The molecule has 1 unspecified atom stereocenters. The van der Waals surface area contributed by atoms with Gasteiger partial charge in [0.25, 0.3) is 10.1 Å². The summed E-state index contributed by atoms with van der Waals surface area (Å²) in [6.07, 6.45) is 3.23. The zero-order chi connectivity index (χ0) is 12.6. The molecule has 1 atom stereocenters. The summed E-state index contributed by atoms with van der Waals surface area (Å²) in [5.74, 6) is 0.262. The summed E-state index contributed by atoms with van der Waals surface area (Å²) in [6, 6.07) is 0. The smallest absolute Gasteiger partial charge is 0.264 e. The van der Waals surface area contributed by atoms with E-state index in [1.54, 1.807) is 14.2 Å². The van der Waals surface area contributed by atoms with Crippen LogP contribution in [0.25, 0.3) is 0 Å². The van der Waals surface area contributed by atoms with Crippen molar-refractivity contribution in [2.75, 3.05) is 27.1 Å². The maximum absolute atomic E-state index is 10.7. The number of hydrogen-bond donors (Lipinski definition) is 0. The highest BCUT2D eigenvalue weighted by molar-refractivity contribution is 7.85. The molecule has 0 aromatic rings. The molecule has 0 fully saturated rings. The molecular weight excluding hydrogens is 232 g/mol. The first-order chi connectivity index (χ1) is 7.44. The standard InChI is InChI=1S/C10H22O5S/c1-5-9(10(13-2)14-3)7-6-8-15-16(4,11)12/h9-10H,5-8H2,1-4H3. The number of hydrogen-bond acceptors (Lipinski definition) is 5. The van der Waals surface area contributed by atoms with Crippen molar-refractivity contribution in [1.82, 2.24) is 0 Å². The third-order valence-electron chi connectivity index (χ3n) is 2.39. The number of ether oxygens (including phenoxy) is 2. The predicted octanol–water partition coefficient (Wildman–Crippen LogP) is 1.39. The van der Waals surface area contributed by atoms with E-state index in [0.717, 1.165) is 19.1 Å². The summed E-state index contributed by atoms with van der Waals surface area (Å²) in [5, 5.41) is 0. The summed E-state index contributed by atoms with van der Waals surface area (Å²) in [5.41, 5.74) is 0. The lowest BCUT2D eigenvalue weighted by Crippen LogP contribution is -2.24. The fourth-order valence-electron chi connectivity index (χ4n) is 1.57. The van der Waals surface area contributed by atoms with Gasteiger partial charge in [0.15, 0.2) is 6.29 Å². The van der Waals surface area contributed by atoms with Gasteiger partial charge < -0.3 is 9.47 Å². The molecular formula is C10H22O5S. The molecule has 5 nitrogen and oxygen atoms in total. The molecule has 0 aliphatic carbocycles. The summed E-state index contributed by atoms with van der Waals surface area (Å²) in [6.45, 7) is 2.27. The largest absolute Gasteiger partial charge is 0.356 e. The van der Waals surface area contributed by atoms with E-state index in [-0.39, 0.29) is 18.8 Å². The van der Waals surface area contributed by atoms with Crippen molar-refractivity contribution in [2.45, 2.75) is 32.5 Å². The third kappa shape index (κ3) is 7.16. The molecule has 98 valence electrons. The van der Waals surface area contributed by atoms with E-state index in [1.165, 1.54) is 0 Å². The molecule has 0 aromatic carbocycles. The SMILES string of the molecule is CCC(CCCOS(C)(=O)=O)C(OC)OC. The van der Waals surface area contributed by atoms with Crippen LogP contribution in [-0.4, -0.2) is 41.8 Å². The minimum atomic E-state index is -3.32. The quantitative estimate of drug-likeness (QED) is 0.353. The van der Waals surface area contributed by atoms with Crippen LogP contribution in [0.3, 0.4) is 0 Å². The Morgan fingerprint density at radius 1 is 1.19 bits per heavy atom. The Balaban J connectivity index is 3.87. The van der Waals surface area contributed by atoms with Gasteiger partial charge in [0.1, 0.15) is 0 Å². The topological polar surface area (TPSA) is 61.8 Å². The maximum Gasteiger partial charge on any atom is 0.264 e. The second-order valence-electron chi connectivity index (χ2n) is 3.68. The molecule has 0 saturated heterocycles. The normalized spacial score (nSPS) is 14.3. The Hall–Kier alpha value is -0.170. The Morgan fingerprint density at radius 3 is 2.12 bits per heavy atom. The molecule has 0 N–H and O–H groups in total. The lowest BCUT2D eigenvalue weighted by atomic mass is 10.00. The highest BCUT2D eigenvalue weighted by Gasteiger charge is 2.18. The molecule has 16 heavy (non-hydrogen) atoms. The van der Waals surface area contributed by atoms with Crippen LogP contribution in [0.1, 0.15) is 26.2 Å². The van der Waals surface area contributed by atoms with Crippen molar-refractivity contribution in [1.29, 1.82) is 0 Å².